The van der Waals surface area contributed by atoms with E-state index in [2.05, 4.69) is 37.8 Å². The topological polar surface area (TPSA) is 60.4 Å². The average molecular weight is 621 g/mol. The van der Waals surface area contributed by atoms with Gasteiger partial charge in [-0.3, -0.25) is 4.90 Å². The molecule has 0 amide bonds. The largest absolute Gasteiger partial charge is 0.490 e. The van der Waals surface area contributed by atoms with Gasteiger partial charge in [-0.15, -0.1) is 0 Å². The van der Waals surface area contributed by atoms with E-state index in [0.717, 1.165) is 43.6 Å². The molecule has 5 atom stereocenters. The second kappa shape index (κ2) is 23.1. The third-order valence-corrected chi connectivity index (χ3v) is 9.00. The first kappa shape index (κ1) is 37.1. The third-order valence-electron chi connectivity index (χ3n) is 9.00. The van der Waals surface area contributed by atoms with Gasteiger partial charge in [0.2, 0.25) is 0 Å². The molecule has 2 aromatic carbocycles. The molecule has 6 nitrogen and oxygen atoms in total. The predicted molar refractivity (Wildman–Crippen MR) is 185 cm³/mol. The second-order valence-electron chi connectivity index (χ2n) is 12.6. The standard InChI is InChI=1S/C38H59BNO5/c1-4-5-6-7-8-9-10-11-14-20-34(32(2)44-36-23-15-12-16-24-36)21-19-22-35(33(3)45-37-25-17-13-18-26-37)31-38(41)40-27-29-42-39-43-30-28-40/h11-18,23-26,32-35,38,41H,4-10,19-22,27-31H2,1-3H3/b14-11-. The van der Waals surface area contributed by atoms with Crippen LogP contribution in [0.2, 0.25) is 0 Å². The van der Waals surface area contributed by atoms with E-state index in [1.165, 1.54) is 46.2 Å². The lowest BCUT2D eigenvalue weighted by Gasteiger charge is -2.34. The van der Waals surface area contributed by atoms with Crippen LogP contribution in [-0.2, 0) is 9.31 Å². The Labute approximate surface area is 274 Å². The lowest BCUT2D eigenvalue weighted by atomic mass is 9.87. The molecule has 0 bridgehead atoms. The Hall–Kier alpha value is -2.32. The Balaban J connectivity index is 1.60. The van der Waals surface area contributed by atoms with Crippen molar-refractivity contribution in [3.05, 3.63) is 72.8 Å². The molecule has 3 rings (SSSR count). The molecular weight excluding hydrogens is 561 g/mol. The van der Waals surface area contributed by atoms with Crippen LogP contribution in [-0.4, -0.2) is 62.4 Å². The molecular formula is C38H59BNO5. The highest BCUT2D eigenvalue weighted by Crippen LogP contribution is 2.29. The molecule has 1 aliphatic rings. The van der Waals surface area contributed by atoms with Gasteiger partial charge in [-0.05, 0) is 88.5 Å². The van der Waals surface area contributed by atoms with E-state index in [9.17, 15) is 5.11 Å². The molecule has 1 heterocycles. The molecule has 5 unspecified atom stereocenters. The zero-order valence-electron chi connectivity index (χ0n) is 28.2. The molecule has 2 aromatic rings. The minimum atomic E-state index is -0.580. The van der Waals surface area contributed by atoms with Gasteiger partial charge in [-0.2, -0.15) is 0 Å². The van der Waals surface area contributed by atoms with Gasteiger partial charge in [0.25, 0.3) is 0 Å². The number of ether oxygens (including phenoxy) is 2. The number of unbranched alkanes of at least 4 members (excludes halogenated alkanes) is 6. The molecule has 1 aliphatic heterocycles. The molecule has 7 heteroatoms. The maximum atomic E-state index is 11.3. The Morgan fingerprint density at radius 2 is 1.31 bits per heavy atom. The van der Waals surface area contributed by atoms with Gasteiger partial charge in [0.1, 0.15) is 17.7 Å². The molecule has 0 saturated carbocycles. The van der Waals surface area contributed by atoms with E-state index >= 15 is 0 Å². The smallest absolute Gasteiger partial charge is 0.488 e. The van der Waals surface area contributed by atoms with E-state index in [4.69, 9.17) is 18.8 Å². The molecule has 0 spiro atoms. The lowest BCUT2D eigenvalue weighted by molar-refractivity contribution is -0.0447. The van der Waals surface area contributed by atoms with Gasteiger partial charge in [0.15, 0.2) is 0 Å². The second-order valence-corrected chi connectivity index (χ2v) is 12.6. The summed E-state index contributed by atoms with van der Waals surface area (Å²) in [4.78, 5) is 2.06. The summed E-state index contributed by atoms with van der Waals surface area (Å²) >= 11 is 0. The summed E-state index contributed by atoms with van der Waals surface area (Å²) < 4.78 is 23.6. The summed E-state index contributed by atoms with van der Waals surface area (Å²) in [6.07, 6.45) is 18.1. The lowest BCUT2D eigenvalue weighted by Crippen LogP contribution is -2.44. The van der Waals surface area contributed by atoms with Crippen LogP contribution in [0.5, 0.6) is 11.5 Å². The summed E-state index contributed by atoms with van der Waals surface area (Å²) in [7, 11) is 1.41. The fourth-order valence-corrected chi connectivity index (χ4v) is 6.10. The van der Waals surface area contributed by atoms with Crippen molar-refractivity contribution in [2.24, 2.45) is 11.8 Å². The number of aliphatic hydroxyl groups excluding tert-OH is 1. The predicted octanol–water partition coefficient (Wildman–Crippen LogP) is 8.61. The first-order chi connectivity index (χ1) is 22.1. The highest BCUT2D eigenvalue weighted by Gasteiger charge is 2.27. The molecule has 1 fully saturated rings. The van der Waals surface area contributed by atoms with E-state index in [-0.39, 0.29) is 18.1 Å². The van der Waals surface area contributed by atoms with Crippen LogP contribution in [0.4, 0.5) is 0 Å². The molecule has 1 saturated heterocycles. The van der Waals surface area contributed by atoms with Crippen molar-refractivity contribution in [1.29, 1.82) is 0 Å². The van der Waals surface area contributed by atoms with Crippen molar-refractivity contribution in [2.45, 2.75) is 116 Å². The van der Waals surface area contributed by atoms with Crippen molar-refractivity contribution in [3.8, 4) is 11.5 Å². The summed E-state index contributed by atoms with van der Waals surface area (Å²) in [5, 5.41) is 11.3. The van der Waals surface area contributed by atoms with Crippen LogP contribution < -0.4 is 9.47 Å². The quantitative estimate of drug-likeness (QED) is 0.0808. The van der Waals surface area contributed by atoms with Crippen LogP contribution in [0, 0.1) is 11.8 Å². The average Bonchev–Trinajstić information content (AvgIpc) is 3.03. The third kappa shape index (κ3) is 15.7. The van der Waals surface area contributed by atoms with Crippen molar-refractivity contribution >= 4 is 7.69 Å². The fourth-order valence-electron chi connectivity index (χ4n) is 6.10. The van der Waals surface area contributed by atoms with Crippen molar-refractivity contribution in [2.75, 3.05) is 26.3 Å². The summed E-state index contributed by atoms with van der Waals surface area (Å²) in [5.41, 5.74) is 0. The maximum absolute atomic E-state index is 11.3. The Kier molecular flexibility index (Phi) is 19.0. The van der Waals surface area contributed by atoms with Gasteiger partial charge in [-0.1, -0.05) is 94.0 Å². The van der Waals surface area contributed by atoms with E-state index < -0.39 is 6.23 Å². The van der Waals surface area contributed by atoms with Crippen molar-refractivity contribution < 1.29 is 23.9 Å². The Morgan fingerprint density at radius 1 is 0.756 bits per heavy atom. The van der Waals surface area contributed by atoms with Crippen LogP contribution in [0.15, 0.2) is 72.8 Å². The van der Waals surface area contributed by atoms with Gasteiger partial charge in [0.05, 0.1) is 12.2 Å². The van der Waals surface area contributed by atoms with E-state index in [1.807, 2.05) is 60.7 Å². The molecule has 1 N–H and O–H groups in total. The Morgan fingerprint density at radius 3 is 1.93 bits per heavy atom. The number of hydrogen-bond acceptors (Lipinski definition) is 6. The molecule has 249 valence electrons. The van der Waals surface area contributed by atoms with Gasteiger partial charge < -0.3 is 23.9 Å². The number of hydrogen-bond donors (Lipinski definition) is 1. The van der Waals surface area contributed by atoms with Gasteiger partial charge >= 0.3 is 7.69 Å². The molecule has 1 radical (unpaired) electrons. The summed E-state index contributed by atoms with van der Waals surface area (Å²) in [5.74, 6) is 2.39. The van der Waals surface area contributed by atoms with Crippen LogP contribution >= 0.6 is 0 Å². The number of allylic oxidation sites excluding steroid dienone is 2. The van der Waals surface area contributed by atoms with Gasteiger partial charge in [-0.25, -0.2) is 0 Å². The number of rotatable bonds is 22. The number of benzene rings is 2. The number of nitrogens with zero attached hydrogens (tertiary/aromatic N) is 1. The SMILES string of the molecule is CCCCCCCC/C=C\CC(CCCC(CC(O)N1CCO[B]OCC1)C(C)Oc1ccccc1)C(C)Oc1ccccc1. The zero-order valence-corrected chi connectivity index (χ0v) is 28.2. The van der Waals surface area contributed by atoms with E-state index in [1.54, 1.807) is 0 Å². The van der Waals surface area contributed by atoms with Crippen LogP contribution in [0.3, 0.4) is 0 Å². The highest BCUT2D eigenvalue weighted by molar-refractivity contribution is 6.17. The van der Waals surface area contributed by atoms with Crippen LogP contribution in [0.25, 0.3) is 0 Å². The zero-order chi connectivity index (χ0) is 32.0. The van der Waals surface area contributed by atoms with Crippen molar-refractivity contribution in [1.82, 2.24) is 4.90 Å². The van der Waals surface area contributed by atoms with E-state index in [0.29, 0.717) is 38.6 Å². The molecule has 0 aliphatic carbocycles. The van der Waals surface area contributed by atoms with Crippen LogP contribution in [0.1, 0.15) is 97.8 Å². The first-order valence-electron chi connectivity index (χ1n) is 17.6. The highest BCUT2D eigenvalue weighted by atomic mass is 16.6. The molecule has 0 aromatic heterocycles. The fraction of sp³-hybridized carbons (Fsp3) is 0.632. The summed E-state index contributed by atoms with van der Waals surface area (Å²) in [6, 6.07) is 20.2. The number of para-hydroxylation sites is 2. The van der Waals surface area contributed by atoms with Crippen molar-refractivity contribution in [3.63, 3.8) is 0 Å². The number of aliphatic hydroxyl groups is 1. The minimum absolute atomic E-state index is 0.0358. The first-order valence-corrected chi connectivity index (χ1v) is 17.6. The maximum Gasteiger partial charge on any atom is 0.488 e. The minimum Gasteiger partial charge on any atom is -0.490 e. The summed E-state index contributed by atoms with van der Waals surface area (Å²) in [6.45, 7) is 8.98. The Bertz CT molecular complexity index is 1000. The monoisotopic (exact) mass is 620 g/mol. The molecule has 45 heavy (non-hydrogen) atoms. The van der Waals surface area contributed by atoms with Gasteiger partial charge in [0, 0.05) is 26.3 Å². The normalized spacial score (nSPS) is 17.9.